The molecule has 1 rings (SSSR count). The van der Waals surface area contributed by atoms with Crippen LogP contribution in [0.2, 0.25) is 0 Å². The first-order valence-corrected chi connectivity index (χ1v) is 5.00. The Kier molecular flexibility index (Phi) is 2.83. The molecule has 0 N–H and O–H groups in total. The van der Waals surface area contributed by atoms with E-state index in [9.17, 15) is 0 Å². The van der Waals surface area contributed by atoms with Crippen molar-refractivity contribution in [3.63, 3.8) is 0 Å². The summed E-state index contributed by atoms with van der Waals surface area (Å²) in [5.41, 5.74) is 1.06. The summed E-state index contributed by atoms with van der Waals surface area (Å²) < 4.78 is 5.40. The van der Waals surface area contributed by atoms with Crippen LogP contribution in [0.15, 0.2) is 10.8 Å². The molecule has 68 valence electrons. The predicted molar refractivity (Wildman–Crippen MR) is 52.3 cm³/mol. The highest BCUT2D eigenvalue weighted by Crippen LogP contribution is 2.27. The number of hydrogen-bond donors (Lipinski definition) is 0. The standard InChI is InChI=1S/C9H15NOS/c1-7-8(10-6-11-7)5-12-9(2,3)4/h6H,5H2,1-4H3. The van der Waals surface area contributed by atoms with E-state index in [4.69, 9.17) is 4.42 Å². The van der Waals surface area contributed by atoms with Gasteiger partial charge >= 0.3 is 0 Å². The van der Waals surface area contributed by atoms with Crippen molar-refractivity contribution < 1.29 is 4.42 Å². The van der Waals surface area contributed by atoms with Crippen LogP contribution in [0.25, 0.3) is 0 Å². The molecule has 1 aromatic rings. The van der Waals surface area contributed by atoms with Gasteiger partial charge in [-0.3, -0.25) is 0 Å². The minimum atomic E-state index is 0.297. The molecule has 0 unspecified atom stereocenters. The largest absolute Gasteiger partial charge is 0.448 e. The van der Waals surface area contributed by atoms with Gasteiger partial charge in [-0.1, -0.05) is 20.8 Å². The molecule has 1 aromatic heterocycles. The van der Waals surface area contributed by atoms with Gasteiger partial charge in [-0.2, -0.15) is 0 Å². The van der Waals surface area contributed by atoms with E-state index >= 15 is 0 Å². The molecule has 0 aliphatic heterocycles. The Hall–Kier alpha value is -0.440. The third kappa shape index (κ3) is 2.89. The summed E-state index contributed by atoms with van der Waals surface area (Å²) in [4.78, 5) is 4.13. The van der Waals surface area contributed by atoms with Crippen molar-refractivity contribution in [2.24, 2.45) is 0 Å². The van der Waals surface area contributed by atoms with Crippen LogP contribution in [0.3, 0.4) is 0 Å². The van der Waals surface area contributed by atoms with Crippen molar-refractivity contribution in [1.82, 2.24) is 4.98 Å². The second kappa shape index (κ2) is 3.52. The Morgan fingerprint density at radius 1 is 1.50 bits per heavy atom. The zero-order valence-corrected chi connectivity index (χ0v) is 8.86. The number of oxazole rings is 1. The molecule has 0 aliphatic carbocycles. The van der Waals surface area contributed by atoms with E-state index in [1.165, 1.54) is 6.39 Å². The molecular formula is C9H15NOS. The lowest BCUT2D eigenvalue weighted by atomic mass is 10.3. The van der Waals surface area contributed by atoms with E-state index < -0.39 is 0 Å². The molecule has 3 heteroatoms. The average Bonchev–Trinajstić information content (AvgIpc) is 2.29. The van der Waals surface area contributed by atoms with Crippen molar-refractivity contribution >= 4 is 11.8 Å². The molecular weight excluding hydrogens is 170 g/mol. The number of aromatic nitrogens is 1. The Morgan fingerprint density at radius 3 is 2.58 bits per heavy atom. The van der Waals surface area contributed by atoms with Gasteiger partial charge in [0.15, 0.2) is 6.39 Å². The quantitative estimate of drug-likeness (QED) is 0.708. The van der Waals surface area contributed by atoms with E-state index in [1.807, 2.05) is 18.7 Å². The fourth-order valence-electron chi connectivity index (χ4n) is 0.752. The summed E-state index contributed by atoms with van der Waals surface area (Å²) in [6.07, 6.45) is 1.51. The molecule has 0 aromatic carbocycles. The number of rotatable bonds is 2. The van der Waals surface area contributed by atoms with Crippen LogP contribution in [0, 0.1) is 6.92 Å². The molecule has 0 spiro atoms. The lowest BCUT2D eigenvalue weighted by molar-refractivity contribution is 0.525. The molecule has 0 atom stereocenters. The van der Waals surface area contributed by atoms with Crippen molar-refractivity contribution in [3.05, 3.63) is 17.8 Å². The van der Waals surface area contributed by atoms with Crippen LogP contribution in [0.5, 0.6) is 0 Å². The van der Waals surface area contributed by atoms with Crippen molar-refractivity contribution in [2.75, 3.05) is 0 Å². The summed E-state index contributed by atoms with van der Waals surface area (Å²) in [5.74, 6) is 1.87. The van der Waals surface area contributed by atoms with Crippen LogP contribution in [0.1, 0.15) is 32.2 Å². The maximum Gasteiger partial charge on any atom is 0.181 e. The summed E-state index contributed by atoms with van der Waals surface area (Å²) >= 11 is 1.88. The van der Waals surface area contributed by atoms with Crippen molar-refractivity contribution in [1.29, 1.82) is 0 Å². The molecule has 0 radical (unpaired) electrons. The van der Waals surface area contributed by atoms with Gasteiger partial charge in [0.1, 0.15) is 5.76 Å². The zero-order valence-electron chi connectivity index (χ0n) is 8.05. The van der Waals surface area contributed by atoms with Gasteiger partial charge in [-0.25, -0.2) is 4.98 Å². The van der Waals surface area contributed by atoms with Crippen LogP contribution >= 0.6 is 11.8 Å². The number of hydrogen-bond acceptors (Lipinski definition) is 3. The molecule has 0 saturated heterocycles. The molecule has 12 heavy (non-hydrogen) atoms. The second-order valence-corrected chi connectivity index (χ2v) is 5.56. The van der Waals surface area contributed by atoms with Crippen LogP contribution in [0.4, 0.5) is 0 Å². The van der Waals surface area contributed by atoms with E-state index in [2.05, 4.69) is 25.8 Å². The first-order valence-electron chi connectivity index (χ1n) is 4.02. The van der Waals surface area contributed by atoms with Gasteiger partial charge in [0.25, 0.3) is 0 Å². The maximum absolute atomic E-state index is 5.11. The second-order valence-electron chi connectivity index (χ2n) is 3.76. The highest BCUT2D eigenvalue weighted by atomic mass is 32.2. The van der Waals surface area contributed by atoms with Gasteiger partial charge in [-0.05, 0) is 6.92 Å². The molecule has 0 amide bonds. The summed E-state index contributed by atoms with van der Waals surface area (Å²) in [6.45, 7) is 8.55. The first-order chi connectivity index (χ1) is 5.49. The highest BCUT2D eigenvalue weighted by Gasteiger charge is 2.12. The van der Waals surface area contributed by atoms with E-state index in [1.54, 1.807) is 0 Å². The SMILES string of the molecule is Cc1ocnc1CSC(C)(C)C. The average molecular weight is 185 g/mol. The Bertz CT molecular complexity index is 249. The van der Waals surface area contributed by atoms with Crippen LogP contribution in [-0.4, -0.2) is 9.73 Å². The van der Waals surface area contributed by atoms with Crippen LogP contribution in [-0.2, 0) is 5.75 Å². The molecule has 0 saturated carbocycles. The molecule has 0 bridgehead atoms. The predicted octanol–water partition coefficient (Wildman–Crippen LogP) is 3.01. The maximum atomic E-state index is 5.11. The van der Waals surface area contributed by atoms with Gasteiger partial charge in [-0.15, -0.1) is 11.8 Å². The Balaban J connectivity index is 2.49. The normalized spacial score (nSPS) is 12.0. The molecule has 0 aliphatic rings. The summed E-state index contributed by atoms with van der Waals surface area (Å²) in [7, 11) is 0. The molecule has 2 nitrogen and oxygen atoms in total. The fourth-order valence-corrected chi connectivity index (χ4v) is 1.60. The number of aryl methyl sites for hydroxylation is 1. The Labute approximate surface area is 77.8 Å². The van der Waals surface area contributed by atoms with Gasteiger partial charge in [0.05, 0.1) is 5.69 Å². The zero-order chi connectivity index (χ0) is 9.19. The molecule has 0 fully saturated rings. The van der Waals surface area contributed by atoms with Gasteiger partial charge in [0.2, 0.25) is 0 Å². The minimum Gasteiger partial charge on any atom is -0.448 e. The molecule has 1 heterocycles. The summed E-state index contributed by atoms with van der Waals surface area (Å²) in [5, 5.41) is 0. The van der Waals surface area contributed by atoms with Gasteiger partial charge in [0, 0.05) is 10.5 Å². The van der Waals surface area contributed by atoms with E-state index in [0.717, 1.165) is 17.2 Å². The van der Waals surface area contributed by atoms with Gasteiger partial charge < -0.3 is 4.42 Å². The smallest absolute Gasteiger partial charge is 0.181 e. The number of thioether (sulfide) groups is 1. The third-order valence-corrected chi connectivity index (χ3v) is 2.77. The third-order valence-electron chi connectivity index (χ3n) is 1.49. The first kappa shape index (κ1) is 9.65. The topological polar surface area (TPSA) is 26.0 Å². The van der Waals surface area contributed by atoms with Crippen molar-refractivity contribution in [3.8, 4) is 0 Å². The lowest BCUT2D eigenvalue weighted by Crippen LogP contribution is -2.07. The highest BCUT2D eigenvalue weighted by molar-refractivity contribution is 7.99. The lowest BCUT2D eigenvalue weighted by Gasteiger charge is -2.16. The Morgan fingerprint density at radius 2 is 2.17 bits per heavy atom. The van der Waals surface area contributed by atoms with Crippen LogP contribution < -0.4 is 0 Å². The minimum absolute atomic E-state index is 0.297. The van der Waals surface area contributed by atoms with Crippen molar-refractivity contribution in [2.45, 2.75) is 38.2 Å². The number of nitrogens with zero attached hydrogens (tertiary/aromatic N) is 1. The van der Waals surface area contributed by atoms with E-state index in [-0.39, 0.29) is 0 Å². The fraction of sp³-hybridized carbons (Fsp3) is 0.667. The summed E-state index contributed by atoms with van der Waals surface area (Å²) in [6, 6.07) is 0. The van der Waals surface area contributed by atoms with E-state index in [0.29, 0.717) is 4.75 Å². The monoisotopic (exact) mass is 185 g/mol.